The van der Waals surface area contributed by atoms with Gasteiger partial charge in [-0.3, -0.25) is 10.2 Å². The molecular formula is C18H17BrCl2N2O4. The highest BCUT2D eigenvalue weighted by Crippen LogP contribution is 2.22. The fourth-order valence-corrected chi connectivity index (χ4v) is 2.79. The minimum Gasteiger partial charge on any atom is -0.484 e. The van der Waals surface area contributed by atoms with E-state index in [9.17, 15) is 9.59 Å². The molecule has 0 spiro atoms. The molecule has 0 atom stereocenters. The first-order valence-electron chi connectivity index (χ1n) is 7.98. The normalized spacial score (nSPS) is 10.2. The zero-order valence-corrected chi connectivity index (χ0v) is 17.2. The van der Waals surface area contributed by atoms with E-state index < -0.39 is 12.0 Å². The standard InChI is InChI=1S/C18H17BrCl2N2O4/c19-13-4-7-15(8-5-13)27-11-17(24)22-23-18(25)26-9-1-2-12-3-6-14(20)10-16(12)21/h3-8,10H,1-2,9,11H2,(H,22,24)(H,23,25). The second kappa shape index (κ2) is 11.0. The van der Waals surface area contributed by atoms with Crippen LogP contribution in [0.1, 0.15) is 12.0 Å². The highest BCUT2D eigenvalue weighted by atomic mass is 79.9. The van der Waals surface area contributed by atoms with Crippen molar-refractivity contribution in [2.75, 3.05) is 13.2 Å². The molecule has 0 aliphatic heterocycles. The Kier molecular flexibility index (Phi) is 8.71. The van der Waals surface area contributed by atoms with Crippen LogP contribution in [0.3, 0.4) is 0 Å². The first-order chi connectivity index (χ1) is 12.9. The lowest BCUT2D eigenvalue weighted by Crippen LogP contribution is -2.44. The first-order valence-corrected chi connectivity index (χ1v) is 9.53. The minimum atomic E-state index is -0.755. The Labute approximate surface area is 175 Å². The summed E-state index contributed by atoms with van der Waals surface area (Å²) in [5.41, 5.74) is 5.28. The topological polar surface area (TPSA) is 76.7 Å². The van der Waals surface area contributed by atoms with Gasteiger partial charge in [0.2, 0.25) is 0 Å². The van der Waals surface area contributed by atoms with E-state index in [4.69, 9.17) is 32.7 Å². The number of aryl methyl sites for hydroxylation is 1. The van der Waals surface area contributed by atoms with Crippen LogP contribution >= 0.6 is 39.1 Å². The van der Waals surface area contributed by atoms with Crippen LogP contribution in [-0.2, 0) is 16.0 Å². The molecule has 6 nitrogen and oxygen atoms in total. The van der Waals surface area contributed by atoms with Gasteiger partial charge in [0.15, 0.2) is 6.61 Å². The van der Waals surface area contributed by atoms with Gasteiger partial charge >= 0.3 is 6.09 Å². The van der Waals surface area contributed by atoms with Crippen molar-refractivity contribution in [2.45, 2.75) is 12.8 Å². The Hall–Kier alpha value is -1.96. The molecule has 0 radical (unpaired) electrons. The summed E-state index contributed by atoms with van der Waals surface area (Å²) in [6.07, 6.45) is 0.459. The van der Waals surface area contributed by atoms with E-state index in [0.717, 1.165) is 10.0 Å². The van der Waals surface area contributed by atoms with E-state index in [1.807, 2.05) is 6.07 Å². The summed E-state index contributed by atoms with van der Waals surface area (Å²) < 4.78 is 11.2. The molecule has 2 rings (SSSR count). The van der Waals surface area contributed by atoms with Crippen LogP contribution in [0.15, 0.2) is 46.9 Å². The predicted octanol–water partition coefficient (Wildman–Crippen LogP) is 4.52. The van der Waals surface area contributed by atoms with Gasteiger partial charge in [0.1, 0.15) is 5.75 Å². The van der Waals surface area contributed by atoms with Gasteiger partial charge in [-0.1, -0.05) is 45.2 Å². The molecule has 0 heterocycles. The summed E-state index contributed by atoms with van der Waals surface area (Å²) in [6, 6.07) is 12.3. The summed E-state index contributed by atoms with van der Waals surface area (Å²) in [6.45, 7) is -0.0625. The van der Waals surface area contributed by atoms with Crippen molar-refractivity contribution in [3.05, 3.63) is 62.5 Å². The van der Waals surface area contributed by atoms with Gasteiger partial charge in [0.25, 0.3) is 5.91 Å². The third kappa shape index (κ3) is 8.07. The van der Waals surface area contributed by atoms with Gasteiger partial charge < -0.3 is 9.47 Å². The van der Waals surface area contributed by atoms with Crippen molar-refractivity contribution in [3.63, 3.8) is 0 Å². The molecular weight excluding hydrogens is 459 g/mol. The van der Waals surface area contributed by atoms with E-state index >= 15 is 0 Å². The van der Waals surface area contributed by atoms with Crippen LogP contribution in [0.5, 0.6) is 5.75 Å². The molecule has 2 aromatic carbocycles. The summed E-state index contributed by atoms with van der Waals surface area (Å²) in [5, 5.41) is 1.14. The zero-order valence-electron chi connectivity index (χ0n) is 14.1. The Morgan fingerprint density at radius 1 is 1.04 bits per heavy atom. The SMILES string of the molecule is O=C(COc1ccc(Br)cc1)NNC(=O)OCCCc1ccc(Cl)cc1Cl. The molecule has 2 aromatic rings. The van der Waals surface area contributed by atoms with Crippen LogP contribution in [0.25, 0.3) is 0 Å². The number of hydrogen-bond acceptors (Lipinski definition) is 4. The smallest absolute Gasteiger partial charge is 0.426 e. The number of carbonyl (C=O) groups excluding carboxylic acids is 2. The Balaban J connectivity index is 1.58. The van der Waals surface area contributed by atoms with Crippen molar-refractivity contribution < 1.29 is 19.1 Å². The number of hydrogen-bond donors (Lipinski definition) is 2. The third-order valence-corrected chi connectivity index (χ3v) is 4.44. The molecule has 0 aliphatic carbocycles. The van der Waals surface area contributed by atoms with E-state index in [2.05, 4.69) is 26.8 Å². The van der Waals surface area contributed by atoms with Gasteiger partial charge in [-0.25, -0.2) is 10.2 Å². The molecule has 0 aliphatic rings. The molecule has 2 amide bonds. The van der Waals surface area contributed by atoms with Crippen molar-refractivity contribution in [1.29, 1.82) is 0 Å². The van der Waals surface area contributed by atoms with E-state index in [1.54, 1.807) is 36.4 Å². The number of amides is 2. The third-order valence-electron chi connectivity index (χ3n) is 3.33. The number of halogens is 3. The second-order valence-corrected chi connectivity index (χ2v) is 7.15. The van der Waals surface area contributed by atoms with Crippen LogP contribution in [0.2, 0.25) is 10.0 Å². The molecule has 0 saturated heterocycles. The number of ether oxygens (including phenoxy) is 2. The molecule has 144 valence electrons. The Bertz CT molecular complexity index is 787. The second-order valence-electron chi connectivity index (χ2n) is 5.39. The first kappa shape index (κ1) is 21.3. The fraction of sp³-hybridized carbons (Fsp3) is 0.222. The molecule has 27 heavy (non-hydrogen) atoms. The molecule has 0 unspecified atom stereocenters. The van der Waals surface area contributed by atoms with Gasteiger partial charge in [-0.15, -0.1) is 0 Å². The maximum atomic E-state index is 11.6. The van der Waals surface area contributed by atoms with Crippen molar-refractivity contribution in [1.82, 2.24) is 10.9 Å². The van der Waals surface area contributed by atoms with Crippen molar-refractivity contribution >= 4 is 51.1 Å². The lowest BCUT2D eigenvalue weighted by Gasteiger charge is -2.10. The number of rotatable bonds is 7. The van der Waals surface area contributed by atoms with Gasteiger partial charge in [0, 0.05) is 14.5 Å². The van der Waals surface area contributed by atoms with E-state index in [0.29, 0.717) is 28.6 Å². The molecule has 2 N–H and O–H groups in total. The highest BCUT2D eigenvalue weighted by Gasteiger charge is 2.07. The predicted molar refractivity (Wildman–Crippen MR) is 107 cm³/mol. The molecule has 0 saturated carbocycles. The average molecular weight is 476 g/mol. The van der Waals surface area contributed by atoms with Crippen LogP contribution < -0.4 is 15.6 Å². The average Bonchev–Trinajstić information content (AvgIpc) is 2.64. The summed E-state index contributed by atoms with van der Waals surface area (Å²) in [4.78, 5) is 23.2. The van der Waals surface area contributed by atoms with Gasteiger partial charge in [-0.05, 0) is 54.8 Å². The van der Waals surface area contributed by atoms with Crippen molar-refractivity contribution in [3.8, 4) is 5.75 Å². The van der Waals surface area contributed by atoms with Crippen LogP contribution in [0.4, 0.5) is 4.79 Å². The largest absolute Gasteiger partial charge is 0.484 e. The van der Waals surface area contributed by atoms with Gasteiger partial charge in [-0.2, -0.15) is 0 Å². The number of hydrazine groups is 1. The summed E-state index contributed by atoms with van der Waals surface area (Å²) in [5.74, 6) is 0.0274. The fourth-order valence-electron chi connectivity index (χ4n) is 2.02. The van der Waals surface area contributed by atoms with Gasteiger partial charge in [0.05, 0.1) is 6.61 Å². The van der Waals surface area contributed by atoms with Crippen LogP contribution in [0, 0.1) is 0 Å². The molecule has 0 aromatic heterocycles. The molecule has 0 bridgehead atoms. The van der Waals surface area contributed by atoms with Crippen LogP contribution in [-0.4, -0.2) is 25.2 Å². The maximum Gasteiger partial charge on any atom is 0.426 e. The Morgan fingerprint density at radius 2 is 1.78 bits per heavy atom. The molecule has 0 fully saturated rings. The number of benzene rings is 2. The van der Waals surface area contributed by atoms with Crippen molar-refractivity contribution in [2.24, 2.45) is 0 Å². The minimum absolute atomic E-state index is 0.177. The number of carbonyl (C=O) groups is 2. The summed E-state index contributed by atoms with van der Waals surface area (Å²) >= 11 is 15.2. The lowest BCUT2D eigenvalue weighted by molar-refractivity contribution is -0.124. The van der Waals surface area contributed by atoms with E-state index in [-0.39, 0.29) is 13.2 Å². The molecule has 9 heteroatoms. The van der Waals surface area contributed by atoms with E-state index in [1.165, 1.54) is 0 Å². The number of nitrogens with one attached hydrogen (secondary N) is 2. The highest BCUT2D eigenvalue weighted by molar-refractivity contribution is 9.10. The quantitative estimate of drug-likeness (QED) is 0.455. The monoisotopic (exact) mass is 474 g/mol. The zero-order chi connectivity index (χ0) is 19.6. The Morgan fingerprint density at radius 3 is 2.48 bits per heavy atom. The lowest BCUT2D eigenvalue weighted by atomic mass is 10.1. The maximum absolute atomic E-state index is 11.6. The summed E-state index contributed by atoms with van der Waals surface area (Å²) in [7, 11) is 0.